The zero-order valence-electron chi connectivity index (χ0n) is 19.3. The van der Waals surface area contributed by atoms with Crippen LogP contribution in [0.2, 0.25) is 0 Å². The number of hydrogen-bond acceptors (Lipinski definition) is 5. The Morgan fingerprint density at radius 3 is 2.50 bits per heavy atom. The second kappa shape index (κ2) is 8.02. The quantitative estimate of drug-likeness (QED) is 0.462. The number of aromatic nitrogens is 3. The molecule has 1 aliphatic carbocycles. The van der Waals surface area contributed by atoms with Gasteiger partial charge in [0, 0.05) is 29.3 Å². The summed E-state index contributed by atoms with van der Waals surface area (Å²) < 4.78 is 7.02. The van der Waals surface area contributed by atoms with E-state index in [1.807, 2.05) is 44.2 Å². The Balaban J connectivity index is 1.79. The Bertz CT molecular complexity index is 1470. The summed E-state index contributed by atoms with van der Waals surface area (Å²) in [6.45, 7) is 4.02. The number of Topliss-reactive ketones (excluding diaryl/α,β-unsaturated/α-hetero) is 1. The third-order valence-corrected chi connectivity index (χ3v) is 6.23. The highest BCUT2D eigenvalue weighted by Gasteiger charge is 2.35. The number of phenols is 1. The van der Waals surface area contributed by atoms with Crippen molar-refractivity contribution in [2.75, 3.05) is 7.11 Å². The van der Waals surface area contributed by atoms with Gasteiger partial charge in [-0.25, -0.2) is 0 Å². The number of carbonyl (C=O) groups excluding carboxylic acids is 1. The number of carbonyl (C=O) groups is 1. The van der Waals surface area contributed by atoms with Crippen molar-refractivity contribution in [3.63, 3.8) is 0 Å². The Kier molecular flexibility index (Phi) is 5.12. The molecular formula is C27H25N3O4. The highest BCUT2D eigenvalue weighted by molar-refractivity contribution is 6.00. The van der Waals surface area contributed by atoms with Crippen molar-refractivity contribution < 1.29 is 14.6 Å². The first-order chi connectivity index (χ1) is 16.3. The van der Waals surface area contributed by atoms with Gasteiger partial charge in [0.05, 0.1) is 29.7 Å². The summed E-state index contributed by atoms with van der Waals surface area (Å²) in [5.41, 5.74) is 3.31. The fourth-order valence-electron chi connectivity index (χ4n) is 4.63. The van der Waals surface area contributed by atoms with Gasteiger partial charge in [0.2, 0.25) is 0 Å². The molecule has 172 valence electrons. The van der Waals surface area contributed by atoms with Crippen LogP contribution in [0.4, 0.5) is 0 Å². The lowest BCUT2D eigenvalue weighted by Gasteiger charge is -2.32. The lowest BCUT2D eigenvalue weighted by Crippen LogP contribution is -2.35. The summed E-state index contributed by atoms with van der Waals surface area (Å²) in [5, 5.41) is 17.6. The molecule has 1 aliphatic rings. The van der Waals surface area contributed by atoms with Gasteiger partial charge < -0.3 is 9.84 Å². The first-order valence-electron chi connectivity index (χ1n) is 11.1. The van der Waals surface area contributed by atoms with Crippen molar-refractivity contribution >= 4 is 5.78 Å². The Morgan fingerprint density at radius 2 is 1.76 bits per heavy atom. The molecule has 0 bridgehead atoms. The molecule has 0 amide bonds. The van der Waals surface area contributed by atoms with E-state index in [1.54, 1.807) is 18.2 Å². The largest absolute Gasteiger partial charge is 0.508 e. The fraction of sp³-hybridized carbons (Fsp3) is 0.222. The minimum absolute atomic E-state index is 0.00356. The molecule has 0 fully saturated rings. The van der Waals surface area contributed by atoms with Gasteiger partial charge >= 0.3 is 0 Å². The molecule has 34 heavy (non-hydrogen) atoms. The lowest BCUT2D eigenvalue weighted by molar-refractivity contribution is 0.0909. The molecule has 0 saturated carbocycles. The number of pyridine rings is 1. The maximum absolute atomic E-state index is 14.0. The molecule has 7 heteroatoms. The number of hydrogen-bond donors (Lipinski definition) is 2. The van der Waals surface area contributed by atoms with Crippen molar-refractivity contribution in [3.8, 4) is 39.7 Å². The average Bonchev–Trinajstić information content (AvgIpc) is 3.29. The van der Waals surface area contributed by atoms with Gasteiger partial charge in [-0.1, -0.05) is 44.2 Å². The summed E-state index contributed by atoms with van der Waals surface area (Å²) in [6.07, 6.45) is 0.910. The standard InChI is InChI=1S/C27H25N3O4/c1-27(2)14-23-19(24(32)15-27)12-18(21-13-20(28-29-21)16-7-5-4-6-8-16)26(33)30(23)22-11-17(31)9-10-25(22)34-3/h4-13,31H,14-15H2,1-3H3,(H,28,29). The maximum Gasteiger partial charge on any atom is 0.264 e. The highest BCUT2D eigenvalue weighted by atomic mass is 16.5. The Morgan fingerprint density at radius 1 is 1.00 bits per heavy atom. The molecule has 0 aliphatic heterocycles. The Hall–Kier alpha value is -4.13. The second-order valence-corrected chi connectivity index (χ2v) is 9.39. The van der Waals surface area contributed by atoms with Gasteiger partial charge in [0.25, 0.3) is 5.56 Å². The topological polar surface area (TPSA) is 97.2 Å². The van der Waals surface area contributed by atoms with Gasteiger partial charge in [-0.3, -0.25) is 19.3 Å². The highest BCUT2D eigenvalue weighted by Crippen LogP contribution is 2.38. The zero-order chi connectivity index (χ0) is 24.0. The molecule has 0 spiro atoms. The molecule has 0 saturated heterocycles. The molecule has 0 radical (unpaired) electrons. The third kappa shape index (κ3) is 3.69. The van der Waals surface area contributed by atoms with Gasteiger partial charge in [-0.2, -0.15) is 5.10 Å². The molecule has 7 nitrogen and oxygen atoms in total. The molecule has 2 N–H and O–H groups in total. The van der Waals surface area contributed by atoms with Gasteiger partial charge in [-0.15, -0.1) is 0 Å². The van der Waals surface area contributed by atoms with Crippen LogP contribution in [-0.2, 0) is 6.42 Å². The van der Waals surface area contributed by atoms with E-state index in [0.717, 1.165) is 5.56 Å². The first kappa shape index (κ1) is 21.7. The summed E-state index contributed by atoms with van der Waals surface area (Å²) >= 11 is 0. The normalized spacial score (nSPS) is 14.6. The smallest absolute Gasteiger partial charge is 0.264 e. The number of H-pyrrole nitrogens is 1. The van der Waals surface area contributed by atoms with Gasteiger partial charge in [0.15, 0.2) is 5.78 Å². The predicted octanol–water partition coefficient (Wildman–Crippen LogP) is 4.76. The van der Waals surface area contributed by atoms with Crippen LogP contribution in [0.15, 0.2) is 65.5 Å². The minimum atomic E-state index is -0.323. The zero-order valence-corrected chi connectivity index (χ0v) is 19.3. The molecule has 2 aromatic carbocycles. The van der Waals surface area contributed by atoms with Gasteiger partial charge in [0.1, 0.15) is 11.5 Å². The van der Waals surface area contributed by atoms with E-state index < -0.39 is 0 Å². The predicted molar refractivity (Wildman–Crippen MR) is 130 cm³/mol. The third-order valence-electron chi connectivity index (χ3n) is 6.23. The number of benzene rings is 2. The van der Waals surface area contributed by atoms with Crippen LogP contribution in [0.5, 0.6) is 11.5 Å². The van der Waals surface area contributed by atoms with Crippen LogP contribution in [-0.4, -0.2) is 32.8 Å². The fourth-order valence-corrected chi connectivity index (χ4v) is 4.63. The molecule has 5 rings (SSSR count). The summed E-state index contributed by atoms with van der Waals surface area (Å²) in [7, 11) is 1.51. The number of aromatic amines is 1. The number of nitrogens with zero attached hydrogens (tertiary/aromatic N) is 2. The van der Waals surface area contributed by atoms with Crippen molar-refractivity contribution in [1.29, 1.82) is 0 Å². The maximum atomic E-state index is 14.0. The van der Waals surface area contributed by atoms with Crippen molar-refractivity contribution in [2.24, 2.45) is 5.41 Å². The van der Waals surface area contributed by atoms with E-state index >= 15 is 0 Å². The minimum Gasteiger partial charge on any atom is -0.508 e. The van der Waals surface area contributed by atoms with E-state index in [1.165, 1.54) is 23.8 Å². The molecule has 2 heterocycles. The number of aromatic hydroxyl groups is 1. The molecule has 0 atom stereocenters. The monoisotopic (exact) mass is 455 g/mol. The number of nitrogens with one attached hydrogen (secondary N) is 1. The number of methoxy groups -OCH3 is 1. The number of rotatable bonds is 4. The first-order valence-corrected chi connectivity index (χ1v) is 11.1. The number of ether oxygens (including phenoxy) is 1. The van der Waals surface area contributed by atoms with Crippen LogP contribution in [0.25, 0.3) is 28.2 Å². The van der Waals surface area contributed by atoms with Crippen LogP contribution in [0.3, 0.4) is 0 Å². The van der Waals surface area contributed by atoms with E-state index in [4.69, 9.17) is 4.74 Å². The summed E-state index contributed by atoms with van der Waals surface area (Å²) in [6, 6.07) is 17.7. The van der Waals surface area contributed by atoms with E-state index in [2.05, 4.69) is 10.2 Å². The van der Waals surface area contributed by atoms with Crippen LogP contribution in [0, 0.1) is 5.41 Å². The van der Waals surface area contributed by atoms with Crippen LogP contribution < -0.4 is 10.3 Å². The lowest BCUT2D eigenvalue weighted by atomic mass is 9.75. The van der Waals surface area contributed by atoms with E-state index in [9.17, 15) is 14.7 Å². The van der Waals surface area contributed by atoms with Crippen LogP contribution >= 0.6 is 0 Å². The number of fused-ring (bicyclic) bond motifs is 1. The van der Waals surface area contributed by atoms with E-state index in [0.29, 0.717) is 52.5 Å². The molecular weight excluding hydrogens is 430 g/mol. The van der Waals surface area contributed by atoms with Crippen molar-refractivity contribution in [1.82, 2.24) is 14.8 Å². The number of ketones is 1. The molecule has 4 aromatic rings. The van der Waals surface area contributed by atoms with E-state index in [-0.39, 0.29) is 22.5 Å². The average molecular weight is 456 g/mol. The van der Waals surface area contributed by atoms with Crippen LogP contribution in [0.1, 0.15) is 36.3 Å². The Labute approximate surface area is 196 Å². The SMILES string of the molecule is COc1ccc(O)cc1-n1c2c(cc(-c3cc(-c4ccccc4)n[nH]3)c1=O)C(=O)CC(C)(C)C2. The molecule has 2 aromatic heterocycles. The second-order valence-electron chi connectivity index (χ2n) is 9.39. The summed E-state index contributed by atoms with van der Waals surface area (Å²) in [4.78, 5) is 27.2. The summed E-state index contributed by atoms with van der Waals surface area (Å²) in [5.74, 6) is 0.393. The van der Waals surface area contributed by atoms with Crippen molar-refractivity contribution in [3.05, 3.63) is 82.3 Å². The molecule has 0 unspecified atom stereocenters. The van der Waals surface area contributed by atoms with Gasteiger partial charge in [-0.05, 0) is 36.1 Å². The van der Waals surface area contributed by atoms with Crippen molar-refractivity contribution in [2.45, 2.75) is 26.7 Å². The number of phenolic OH excluding ortho intramolecular Hbond substituents is 1.